The molecule has 1 heterocycles. The summed E-state index contributed by atoms with van der Waals surface area (Å²) >= 11 is 4.08. The summed E-state index contributed by atoms with van der Waals surface area (Å²) in [7, 11) is -3.61. The molecule has 0 fully saturated rings. The van der Waals surface area contributed by atoms with Crippen LogP contribution in [0.5, 0.6) is 23.0 Å². The van der Waals surface area contributed by atoms with E-state index in [1.807, 2.05) is 13.8 Å². The summed E-state index contributed by atoms with van der Waals surface area (Å²) in [6.45, 7) is 7.31. The minimum Gasteiger partial charge on any atom is -0.507 e. The number of hydrogen-bond acceptors (Lipinski definition) is 16. The molecule has 19 heteroatoms. The summed E-state index contributed by atoms with van der Waals surface area (Å²) in [4.78, 5) is 56.4. The highest BCUT2D eigenvalue weighted by Crippen LogP contribution is 2.35. The third-order valence-corrected chi connectivity index (χ3v) is 13.7. The fraction of sp³-hybridized carbons (Fsp3) is 0.405. The lowest BCUT2D eigenvalue weighted by molar-refractivity contribution is -0.137. The molecule has 1 aromatic heterocycles. The van der Waals surface area contributed by atoms with E-state index in [4.69, 9.17) is 19.7 Å². The van der Waals surface area contributed by atoms with E-state index in [0.29, 0.717) is 52.0 Å². The maximum Gasteiger partial charge on any atom is 0.313 e. The van der Waals surface area contributed by atoms with Crippen LogP contribution in [0.4, 0.5) is 0 Å². The predicted molar refractivity (Wildman–Crippen MR) is 233 cm³/mol. The number of aromatic nitrogens is 2. The zero-order valence-electron chi connectivity index (χ0n) is 34.3. The molecule has 0 saturated carbocycles. The van der Waals surface area contributed by atoms with E-state index < -0.39 is 21.8 Å². The molecule has 0 aliphatic heterocycles. The number of nitrogens with zero attached hydrogens (tertiary/aromatic N) is 2. The smallest absolute Gasteiger partial charge is 0.313 e. The van der Waals surface area contributed by atoms with Gasteiger partial charge in [-0.05, 0) is 75.9 Å². The minimum absolute atomic E-state index is 0.0153. The molecule has 0 amide bonds. The highest BCUT2D eigenvalue weighted by atomic mass is 32.2. The number of sulfone groups is 1. The largest absolute Gasteiger partial charge is 0.507 e. The minimum atomic E-state index is -3.61. The zero-order valence-corrected chi connectivity index (χ0v) is 37.6. The molecule has 0 aliphatic carbocycles. The van der Waals surface area contributed by atoms with E-state index in [0.717, 1.165) is 41.1 Å². The summed E-state index contributed by atoms with van der Waals surface area (Å²) in [5, 5.41) is 46.1. The molecule has 0 radical (unpaired) electrons. The van der Waals surface area contributed by atoms with E-state index in [-0.39, 0.29) is 82.2 Å². The van der Waals surface area contributed by atoms with Gasteiger partial charge in [0.2, 0.25) is 0 Å². The number of ketones is 3. The Labute approximate surface area is 367 Å². The fourth-order valence-electron chi connectivity index (χ4n) is 5.66. The van der Waals surface area contributed by atoms with Crippen LogP contribution in [0.3, 0.4) is 0 Å². The summed E-state index contributed by atoms with van der Waals surface area (Å²) in [6.07, 6.45) is 3.24. The molecule has 0 bridgehead atoms. The number of Topliss-reactive ketones (excluding diaryl/α,β-unsaturated/α-hetero) is 3. The molecule has 0 aliphatic rings. The van der Waals surface area contributed by atoms with Crippen LogP contribution in [0, 0.1) is 0 Å². The standard InChI is InChI=1S/C24H28O8S.C18H22N2O5S3/c1-3-5-20-22(12-10-19(16(2)25)24(20)29)32-14-4-15-33(30,31)18-8-6-17(7-9-18)21(26)11-13-23(27)28;1-3-5-13-14(7-6-12(11(2)21)16(13)24)25-8-4-9-26-17-19-20-18(28-17)27-10-15(22)23/h6-10,12,29H,3-5,11,13-15H2,1-2H3,(H,27,28);6-7,24H,3-5,8-10H2,1-2H3,(H,22,23). The Morgan fingerprint density at radius 2 is 1.20 bits per heavy atom. The third-order valence-electron chi connectivity index (χ3n) is 8.63. The Bertz CT molecular complexity index is 2260. The third kappa shape index (κ3) is 16.1. The first-order valence-corrected chi connectivity index (χ1v) is 23.8. The van der Waals surface area contributed by atoms with Crippen molar-refractivity contribution < 1.29 is 62.3 Å². The van der Waals surface area contributed by atoms with E-state index in [9.17, 15) is 42.6 Å². The predicted octanol–water partition coefficient (Wildman–Crippen LogP) is 7.97. The maximum absolute atomic E-state index is 12.6. The van der Waals surface area contributed by atoms with Gasteiger partial charge in [0.05, 0.1) is 47.2 Å². The molecule has 0 spiro atoms. The molecule has 4 rings (SSSR count). The number of benzene rings is 3. The van der Waals surface area contributed by atoms with Gasteiger partial charge in [0.15, 0.2) is 35.9 Å². The first-order valence-electron chi connectivity index (χ1n) is 19.3. The van der Waals surface area contributed by atoms with Crippen molar-refractivity contribution in [1.29, 1.82) is 0 Å². The molecule has 330 valence electrons. The van der Waals surface area contributed by atoms with Crippen LogP contribution in [-0.2, 0) is 32.3 Å². The number of carbonyl (C=O) groups is 5. The number of carboxylic acid groups (broad SMARTS) is 2. The van der Waals surface area contributed by atoms with Gasteiger partial charge in [-0.2, -0.15) is 0 Å². The lowest BCUT2D eigenvalue weighted by Crippen LogP contribution is -2.12. The SMILES string of the molecule is CCCc1c(OCCCS(=O)(=O)c2ccc(C(=O)CCC(=O)O)cc2)ccc(C(C)=O)c1O.CCCc1c(OCCCSc2nnc(SCC(=O)O)s2)ccc(C(C)=O)c1O. The first-order chi connectivity index (χ1) is 29.0. The molecule has 4 N–H and O–H groups in total. The van der Waals surface area contributed by atoms with Gasteiger partial charge in [-0.25, -0.2) is 8.42 Å². The Balaban J connectivity index is 0.000000330. The summed E-state index contributed by atoms with van der Waals surface area (Å²) in [5.41, 5.74) is 2.00. The van der Waals surface area contributed by atoms with Crippen molar-refractivity contribution in [3.8, 4) is 23.0 Å². The van der Waals surface area contributed by atoms with Crippen LogP contribution in [0.1, 0.15) is 108 Å². The Morgan fingerprint density at radius 3 is 1.67 bits per heavy atom. The monoisotopic (exact) mass is 918 g/mol. The number of aliphatic carboxylic acids is 2. The molecule has 4 aromatic rings. The lowest BCUT2D eigenvalue weighted by Gasteiger charge is -2.14. The van der Waals surface area contributed by atoms with Gasteiger partial charge in [-0.15, -0.1) is 10.2 Å². The number of hydrogen-bond donors (Lipinski definition) is 4. The topological polar surface area (TPSA) is 245 Å². The molecule has 0 unspecified atom stereocenters. The van der Waals surface area contributed by atoms with Crippen LogP contribution < -0.4 is 9.47 Å². The highest BCUT2D eigenvalue weighted by Gasteiger charge is 2.19. The van der Waals surface area contributed by atoms with Crippen molar-refractivity contribution in [1.82, 2.24) is 10.2 Å². The second kappa shape index (κ2) is 25.1. The van der Waals surface area contributed by atoms with Crippen LogP contribution in [0.2, 0.25) is 0 Å². The van der Waals surface area contributed by atoms with E-state index in [2.05, 4.69) is 10.2 Å². The lowest BCUT2D eigenvalue weighted by atomic mass is 10.0. The summed E-state index contributed by atoms with van der Waals surface area (Å²) < 4.78 is 38.1. The molecule has 0 atom stereocenters. The summed E-state index contributed by atoms with van der Waals surface area (Å²) in [6, 6.07) is 11.9. The molecular weight excluding hydrogens is 869 g/mol. The number of rotatable bonds is 25. The van der Waals surface area contributed by atoms with Gasteiger partial charge in [0.1, 0.15) is 23.0 Å². The van der Waals surface area contributed by atoms with E-state index in [1.165, 1.54) is 55.5 Å². The van der Waals surface area contributed by atoms with Crippen molar-refractivity contribution >= 4 is 74.0 Å². The van der Waals surface area contributed by atoms with Gasteiger partial charge in [0.25, 0.3) is 0 Å². The van der Waals surface area contributed by atoms with Gasteiger partial charge < -0.3 is 29.9 Å². The van der Waals surface area contributed by atoms with Crippen molar-refractivity contribution in [3.05, 3.63) is 76.3 Å². The van der Waals surface area contributed by atoms with Crippen LogP contribution in [-0.4, -0.2) is 98.8 Å². The Hall–Kier alpha value is -4.98. The number of thioether (sulfide) groups is 2. The summed E-state index contributed by atoms with van der Waals surface area (Å²) in [5.74, 6) is -1.23. The quantitative estimate of drug-likeness (QED) is 0.0280. The molecule has 15 nitrogen and oxygen atoms in total. The van der Waals surface area contributed by atoms with Gasteiger partial charge >= 0.3 is 11.9 Å². The number of phenolic OH excluding ortho intramolecular Hbond substituents is 2. The number of carbonyl (C=O) groups excluding carboxylic acids is 3. The van der Waals surface area contributed by atoms with Gasteiger partial charge in [-0.3, -0.25) is 24.0 Å². The maximum atomic E-state index is 12.6. The fourth-order valence-corrected chi connectivity index (χ4v) is 9.67. The molecule has 0 saturated heterocycles. The average molecular weight is 919 g/mol. The van der Waals surface area contributed by atoms with Crippen LogP contribution >= 0.6 is 34.9 Å². The molecule has 3 aromatic carbocycles. The molecule has 61 heavy (non-hydrogen) atoms. The number of aromatic hydroxyl groups is 2. The van der Waals surface area contributed by atoms with Crippen molar-refractivity contribution in [3.63, 3.8) is 0 Å². The Morgan fingerprint density at radius 1 is 0.689 bits per heavy atom. The molecular formula is C42H50N2O13S4. The second-order valence-corrected chi connectivity index (χ2v) is 19.1. The van der Waals surface area contributed by atoms with Crippen LogP contribution in [0.25, 0.3) is 0 Å². The average Bonchev–Trinajstić information content (AvgIpc) is 3.67. The number of carboxylic acids is 2. The van der Waals surface area contributed by atoms with Crippen molar-refractivity contribution in [2.75, 3.05) is 30.5 Å². The zero-order chi connectivity index (χ0) is 45.1. The number of phenols is 2. The van der Waals surface area contributed by atoms with Crippen molar-refractivity contribution in [2.45, 2.75) is 92.6 Å². The first kappa shape index (κ1) is 50.4. The Kier molecular flexibility index (Phi) is 20.7. The van der Waals surface area contributed by atoms with Crippen LogP contribution in [0.15, 0.2) is 62.1 Å². The highest BCUT2D eigenvalue weighted by molar-refractivity contribution is 8.03. The number of ether oxygens (including phenoxy) is 2. The normalized spacial score (nSPS) is 11.0. The van der Waals surface area contributed by atoms with E-state index >= 15 is 0 Å². The second-order valence-electron chi connectivity index (χ2n) is 13.4. The van der Waals surface area contributed by atoms with Gasteiger partial charge in [0, 0.05) is 28.9 Å². The van der Waals surface area contributed by atoms with Crippen molar-refractivity contribution in [2.24, 2.45) is 0 Å². The van der Waals surface area contributed by atoms with Gasteiger partial charge in [-0.1, -0.05) is 73.7 Å². The van der Waals surface area contributed by atoms with E-state index in [1.54, 1.807) is 30.0 Å².